The van der Waals surface area contributed by atoms with Crippen LogP contribution in [0.25, 0.3) is 39.4 Å². The van der Waals surface area contributed by atoms with Crippen molar-refractivity contribution in [2.45, 2.75) is 0 Å². The molecule has 176 valence electrons. The van der Waals surface area contributed by atoms with Crippen molar-refractivity contribution in [2.24, 2.45) is 0 Å². The molecule has 6 rings (SSSR count). The van der Waals surface area contributed by atoms with E-state index in [9.17, 15) is 4.79 Å². The Morgan fingerprint density at radius 2 is 1.81 bits per heavy atom. The minimum Gasteiger partial charge on any atom is -0.496 e. The van der Waals surface area contributed by atoms with Crippen molar-refractivity contribution in [1.82, 2.24) is 29.4 Å². The van der Waals surface area contributed by atoms with Gasteiger partial charge in [0.25, 0.3) is 5.56 Å². The van der Waals surface area contributed by atoms with Crippen molar-refractivity contribution in [2.75, 3.05) is 7.11 Å². The second kappa shape index (κ2) is 9.14. The summed E-state index contributed by atoms with van der Waals surface area (Å²) < 4.78 is 9.87. The van der Waals surface area contributed by atoms with Crippen LogP contribution in [0, 0.1) is 0 Å². The van der Waals surface area contributed by atoms with E-state index in [1.165, 1.54) is 15.9 Å². The molecule has 0 N–H and O–H groups in total. The van der Waals surface area contributed by atoms with Gasteiger partial charge in [-0.15, -0.1) is 5.10 Å². The summed E-state index contributed by atoms with van der Waals surface area (Å²) in [7, 11) is 1.63. The maximum Gasteiger partial charge on any atom is 0.291 e. The van der Waals surface area contributed by atoms with Crippen LogP contribution in [-0.2, 0) is 0 Å². The Morgan fingerprint density at radius 1 is 1.00 bits per heavy atom. The number of halogens is 1. The first-order valence-electron chi connectivity index (χ1n) is 10.9. The summed E-state index contributed by atoms with van der Waals surface area (Å²) in [5, 5.41) is 9.27. The van der Waals surface area contributed by atoms with Crippen LogP contribution < -0.4 is 14.8 Å². The average Bonchev–Trinajstić information content (AvgIpc) is 3.60. The summed E-state index contributed by atoms with van der Waals surface area (Å²) in [6, 6.07) is 19.2. The van der Waals surface area contributed by atoms with Gasteiger partial charge in [-0.05, 0) is 64.5 Å². The fraction of sp³-hybridized carbons (Fsp3) is 0.0385. The monoisotopic (exact) mass is 556 g/mol. The van der Waals surface area contributed by atoms with Gasteiger partial charge >= 0.3 is 0 Å². The van der Waals surface area contributed by atoms with Crippen molar-refractivity contribution in [3.8, 4) is 34.1 Å². The quantitative estimate of drug-likeness (QED) is 0.313. The van der Waals surface area contributed by atoms with Gasteiger partial charge in [0, 0.05) is 35.3 Å². The SMILES string of the molecule is COc1ccc(-c2nn(-c3ccccc3)cc2/C=c2\sc3nc(-c4ccncc4)nn3c2=O)cc1Br. The van der Waals surface area contributed by atoms with Crippen molar-refractivity contribution in [3.05, 3.63) is 104 Å². The zero-order valence-electron chi connectivity index (χ0n) is 18.9. The number of methoxy groups -OCH3 is 1. The van der Waals surface area contributed by atoms with Crippen LogP contribution in [-0.4, -0.2) is 36.5 Å². The van der Waals surface area contributed by atoms with Crippen LogP contribution in [0.3, 0.4) is 0 Å². The number of ether oxygens (including phenoxy) is 1. The van der Waals surface area contributed by atoms with Crippen molar-refractivity contribution in [3.63, 3.8) is 0 Å². The van der Waals surface area contributed by atoms with Crippen molar-refractivity contribution < 1.29 is 4.74 Å². The van der Waals surface area contributed by atoms with E-state index >= 15 is 0 Å². The van der Waals surface area contributed by atoms with Gasteiger partial charge in [-0.1, -0.05) is 29.5 Å². The average molecular weight is 557 g/mol. The Hall–Kier alpha value is -4.15. The van der Waals surface area contributed by atoms with E-state index in [4.69, 9.17) is 9.84 Å². The Kier molecular flexibility index (Phi) is 5.67. The Balaban J connectivity index is 1.50. The summed E-state index contributed by atoms with van der Waals surface area (Å²) in [5.74, 6) is 1.22. The number of hydrogen-bond donors (Lipinski definition) is 0. The molecule has 0 atom stereocenters. The molecule has 0 fully saturated rings. The standard InChI is InChI=1S/C26H17BrN6O2S/c1-35-21-8-7-17(13-20(21)27)23-18(15-32(30-23)19-5-3-2-4-6-19)14-22-25(34)33-26(36-22)29-24(31-33)16-9-11-28-12-10-16/h2-15H,1H3/b22-14-. The van der Waals surface area contributed by atoms with Gasteiger partial charge in [0.15, 0.2) is 5.82 Å². The zero-order valence-corrected chi connectivity index (χ0v) is 21.3. The van der Waals surface area contributed by atoms with Gasteiger partial charge in [-0.3, -0.25) is 9.78 Å². The summed E-state index contributed by atoms with van der Waals surface area (Å²) >= 11 is 4.85. The van der Waals surface area contributed by atoms with Gasteiger partial charge in [0.1, 0.15) is 11.4 Å². The highest BCUT2D eigenvalue weighted by molar-refractivity contribution is 9.10. The van der Waals surface area contributed by atoms with E-state index in [2.05, 4.69) is 31.0 Å². The number of thiazole rings is 1. The highest BCUT2D eigenvalue weighted by Gasteiger charge is 2.16. The fourth-order valence-electron chi connectivity index (χ4n) is 3.84. The summed E-state index contributed by atoms with van der Waals surface area (Å²) in [4.78, 5) is 22.3. The van der Waals surface area contributed by atoms with Crippen LogP contribution in [0.4, 0.5) is 0 Å². The molecular weight excluding hydrogens is 540 g/mol. The molecule has 0 aliphatic carbocycles. The van der Waals surface area contributed by atoms with Gasteiger partial charge in [-0.25, -0.2) is 4.68 Å². The molecule has 0 amide bonds. The number of benzene rings is 2. The van der Waals surface area contributed by atoms with E-state index in [1.54, 1.807) is 19.5 Å². The number of pyridine rings is 1. The van der Waals surface area contributed by atoms with E-state index in [0.29, 0.717) is 15.3 Å². The third-order valence-electron chi connectivity index (χ3n) is 5.60. The predicted molar refractivity (Wildman–Crippen MR) is 142 cm³/mol. The van der Waals surface area contributed by atoms with Crippen LogP contribution >= 0.6 is 27.3 Å². The van der Waals surface area contributed by atoms with Crippen LogP contribution in [0.15, 0.2) is 88.5 Å². The molecule has 0 saturated heterocycles. The smallest absolute Gasteiger partial charge is 0.291 e. The number of aromatic nitrogens is 6. The molecule has 4 aromatic heterocycles. The predicted octanol–water partition coefficient (Wildman–Crippen LogP) is 4.38. The first kappa shape index (κ1) is 22.3. The molecule has 10 heteroatoms. The van der Waals surface area contributed by atoms with Crippen molar-refractivity contribution in [1.29, 1.82) is 0 Å². The lowest BCUT2D eigenvalue weighted by atomic mass is 10.1. The zero-order chi connectivity index (χ0) is 24.6. The van der Waals surface area contributed by atoms with Crippen LogP contribution in [0.5, 0.6) is 5.75 Å². The molecule has 0 unspecified atom stereocenters. The van der Waals surface area contributed by atoms with E-state index in [1.807, 2.05) is 77.6 Å². The number of fused-ring (bicyclic) bond motifs is 1. The molecule has 0 aliphatic heterocycles. The molecule has 0 saturated carbocycles. The normalized spacial score (nSPS) is 11.9. The molecule has 8 nitrogen and oxygen atoms in total. The first-order valence-corrected chi connectivity index (χ1v) is 12.5. The molecule has 0 aliphatic rings. The van der Waals surface area contributed by atoms with Crippen LogP contribution in [0.1, 0.15) is 5.56 Å². The lowest BCUT2D eigenvalue weighted by molar-refractivity contribution is 0.412. The lowest BCUT2D eigenvalue weighted by Crippen LogP contribution is -2.23. The molecule has 0 radical (unpaired) electrons. The molecule has 4 heterocycles. The van der Waals surface area contributed by atoms with Gasteiger partial charge < -0.3 is 4.74 Å². The highest BCUT2D eigenvalue weighted by atomic mass is 79.9. The maximum atomic E-state index is 13.2. The molecule has 0 spiro atoms. The molecule has 0 bridgehead atoms. The molecule has 6 aromatic rings. The highest BCUT2D eigenvalue weighted by Crippen LogP contribution is 2.32. The number of rotatable bonds is 5. The lowest BCUT2D eigenvalue weighted by Gasteiger charge is -2.05. The van der Waals surface area contributed by atoms with Gasteiger partial charge in [-0.2, -0.15) is 14.6 Å². The third kappa shape index (κ3) is 4.00. The molecule has 2 aromatic carbocycles. The summed E-state index contributed by atoms with van der Waals surface area (Å²) in [5.41, 5.74) is 3.91. The number of nitrogens with zero attached hydrogens (tertiary/aromatic N) is 6. The van der Waals surface area contributed by atoms with E-state index in [0.717, 1.165) is 38.3 Å². The molecule has 36 heavy (non-hydrogen) atoms. The van der Waals surface area contributed by atoms with Crippen LogP contribution in [0.2, 0.25) is 0 Å². The molecular formula is C26H17BrN6O2S. The third-order valence-corrected chi connectivity index (χ3v) is 7.17. The van der Waals surface area contributed by atoms with E-state index in [-0.39, 0.29) is 5.56 Å². The van der Waals surface area contributed by atoms with E-state index < -0.39 is 0 Å². The number of hydrogen-bond acceptors (Lipinski definition) is 7. The Bertz CT molecular complexity index is 1810. The minimum atomic E-state index is -0.225. The largest absolute Gasteiger partial charge is 0.496 e. The minimum absolute atomic E-state index is 0.225. The first-order chi connectivity index (χ1) is 17.6. The second-order valence-electron chi connectivity index (χ2n) is 7.84. The number of para-hydroxylation sites is 1. The van der Waals surface area contributed by atoms with Gasteiger partial charge in [0.2, 0.25) is 4.96 Å². The summed E-state index contributed by atoms with van der Waals surface area (Å²) in [6.45, 7) is 0. The second-order valence-corrected chi connectivity index (χ2v) is 9.71. The fourth-order valence-corrected chi connectivity index (χ4v) is 5.28. The summed E-state index contributed by atoms with van der Waals surface area (Å²) in [6.07, 6.45) is 7.10. The topological polar surface area (TPSA) is 87.2 Å². The van der Waals surface area contributed by atoms with Gasteiger partial charge in [0.05, 0.1) is 21.8 Å². The van der Waals surface area contributed by atoms with Crippen molar-refractivity contribution >= 4 is 38.3 Å². The Morgan fingerprint density at radius 3 is 2.53 bits per heavy atom. The maximum absolute atomic E-state index is 13.2. The Labute approximate surface area is 217 Å².